The first-order valence-corrected chi connectivity index (χ1v) is 6.42. The van der Waals surface area contributed by atoms with Crippen molar-refractivity contribution in [1.82, 2.24) is 0 Å². The van der Waals surface area contributed by atoms with Gasteiger partial charge in [-0.15, -0.1) is 6.58 Å². The molecule has 5 heteroatoms. The molecule has 1 unspecified atom stereocenters. The molecule has 0 aliphatic carbocycles. The van der Waals surface area contributed by atoms with Crippen molar-refractivity contribution in [2.45, 2.75) is 32.4 Å². The summed E-state index contributed by atoms with van der Waals surface area (Å²) in [6.45, 7) is 7.10. The maximum atomic E-state index is 11.7. The van der Waals surface area contributed by atoms with E-state index in [1.54, 1.807) is 44.2 Å². The lowest BCUT2D eigenvalue weighted by Gasteiger charge is -2.11. The molecule has 20 heavy (non-hydrogen) atoms. The number of hydrogen-bond donors (Lipinski definition) is 2. The molecule has 1 aromatic rings. The number of nitrogens with one attached hydrogen (secondary N) is 1. The summed E-state index contributed by atoms with van der Waals surface area (Å²) in [6.07, 6.45) is 1.83. The third kappa shape index (κ3) is 4.85. The van der Waals surface area contributed by atoms with Crippen molar-refractivity contribution in [2.24, 2.45) is 5.73 Å². The van der Waals surface area contributed by atoms with Gasteiger partial charge in [-0.1, -0.05) is 6.08 Å². The van der Waals surface area contributed by atoms with Crippen LogP contribution in [0.3, 0.4) is 0 Å². The number of carbonyl (C=O) groups is 2. The van der Waals surface area contributed by atoms with Crippen LogP contribution in [0.15, 0.2) is 36.9 Å². The van der Waals surface area contributed by atoms with Gasteiger partial charge >= 0.3 is 5.97 Å². The Kier molecular flexibility index (Phi) is 5.93. The second-order valence-corrected chi connectivity index (χ2v) is 4.65. The summed E-state index contributed by atoms with van der Waals surface area (Å²) in [5, 5.41) is 2.67. The minimum Gasteiger partial charge on any atom is -0.459 e. The second kappa shape index (κ2) is 7.45. The first-order valence-electron chi connectivity index (χ1n) is 6.42. The van der Waals surface area contributed by atoms with E-state index in [0.717, 1.165) is 0 Å². The van der Waals surface area contributed by atoms with E-state index in [1.165, 1.54) is 0 Å². The molecule has 0 heterocycles. The fourth-order valence-electron chi connectivity index (χ4n) is 1.49. The number of rotatable bonds is 6. The van der Waals surface area contributed by atoms with Crippen LogP contribution in [0.4, 0.5) is 5.69 Å². The Bertz CT molecular complexity index is 480. The van der Waals surface area contributed by atoms with E-state index in [1.807, 2.05) is 0 Å². The zero-order chi connectivity index (χ0) is 15.1. The lowest BCUT2D eigenvalue weighted by molar-refractivity contribution is -0.117. The maximum Gasteiger partial charge on any atom is 0.338 e. The molecule has 1 amide bonds. The number of hydrogen-bond acceptors (Lipinski definition) is 4. The van der Waals surface area contributed by atoms with Crippen molar-refractivity contribution in [1.29, 1.82) is 0 Å². The summed E-state index contributed by atoms with van der Waals surface area (Å²) < 4.78 is 5.07. The molecule has 0 aliphatic rings. The van der Waals surface area contributed by atoms with E-state index in [0.29, 0.717) is 17.7 Å². The third-order valence-electron chi connectivity index (χ3n) is 2.49. The number of anilines is 1. The molecule has 0 aromatic heterocycles. The van der Waals surface area contributed by atoms with Gasteiger partial charge in [0.25, 0.3) is 0 Å². The summed E-state index contributed by atoms with van der Waals surface area (Å²) in [5.74, 6) is -0.677. The average Bonchev–Trinajstić information content (AvgIpc) is 2.39. The van der Waals surface area contributed by atoms with Crippen molar-refractivity contribution >= 4 is 17.6 Å². The summed E-state index contributed by atoms with van der Waals surface area (Å²) in [6, 6.07) is 5.84. The largest absolute Gasteiger partial charge is 0.459 e. The van der Waals surface area contributed by atoms with Crippen LogP contribution in [0.1, 0.15) is 30.6 Å². The molecular formula is C15H20N2O3. The van der Waals surface area contributed by atoms with Crippen LogP contribution in [0.5, 0.6) is 0 Å². The Morgan fingerprint density at radius 1 is 1.35 bits per heavy atom. The number of carbonyl (C=O) groups excluding carboxylic acids is 2. The molecule has 0 saturated heterocycles. The zero-order valence-corrected chi connectivity index (χ0v) is 11.8. The Hall–Kier alpha value is -2.14. The molecule has 1 atom stereocenters. The van der Waals surface area contributed by atoms with Gasteiger partial charge < -0.3 is 15.8 Å². The SMILES string of the molecule is C=CCC(N)C(=O)Nc1ccc(C(=O)OC(C)C)cc1. The van der Waals surface area contributed by atoms with Gasteiger partial charge in [-0.3, -0.25) is 4.79 Å². The van der Waals surface area contributed by atoms with Gasteiger partial charge in [-0.25, -0.2) is 4.79 Å². The first-order chi connectivity index (χ1) is 9.43. The van der Waals surface area contributed by atoms with Crippen molar-refractivity contribution in [3.05, 3.63) is 42.5 Å². The van der Waals surface area contributed by atoms with Gasteiger partial charge in [-0.2, -0.15) is 0 Å². The Morgan fingerprint density at radius 3 is 2.45 bits per heavy atom. The van der Waals surface area contributed by atoms with Crippen LogP contribution in [0.25, 0.3) is 0 Å². The molecule has 0 saturated carbocycles. The molecule has 1 aromatic carbocycles. The van der Waals surface area contributed by atoms with Crippen LogP contribution in [-0.4, -0.2) is 24.0 Å². The Morgan fingerprint density at radius 2 is 1.95 bits per heavy atom. The molecule has 0 radical (unpaired) electrons. The number of benzene rings is 1. The van der Waals surface area contributed by atoms with Crippen LogP contribution in [-0.2, 0) is 9.53 Å². The zero-order valence-electron chi connectivity index (χ0n) is 11.8. The molecule has 0 spiro atoms. The van der Waals surface area contributed by atoms with Gasteiger partial charge in [0.15, 0.2) is 0 Å². The molecule has 1 rings (SSSR count). The quantitative estimate of drug-likeness (QED) is 0.616. The molecule has 0 fully saturated rings. The molecule has 0 aliphatic heterocycles. The summed E-state index contributed by atoms with van der Waals surface area (Å²) in [5.41, 5.74) is 6.67. The number of amides is 1. The van der Waals surface area contributed by atoms with Crippen LogP contribution < -0.4 is 11.1 Å². The topological polar surface area (TPSA) is 81.4 Å². The predicted molar refractivity (Wildman–Crippen MR) is 78.4 cm³/mol. The molecule has 0 bridgehead atoms. The average molecular weight is 276 g/mol. The minimum absolute atomic E-state index is 0.168. The third-order valence-corrected chi connectivity index (χ3v) is 2.49. The van der Waals surface area contributed by atoms with Gasteiger partial charge in [-0.05, 0) is 44.5 Å². The highest BCUT2D eigenvalue weighted by atomic mass is 16.5. The van der Waals surface area contributed by atoms with E-state index >= 15 is 0 Å². The van der Waals surface area contributed by atoms with Crippen LogP contribution in [0.2, 0.25) is 0 Å². The maximum absolute atomic E-state index is 11.7. The van der Waals surface area contributed by atoms with E-state index in [9.17, 15) is 9.59 Å². The highest BCUT2D eigenvalue weighted by molar-refractivity contribution is 5.95. The fourth-order valence-corrected chi connectivity index (χ4v) is 1.49. The molecule has 5 nitrogen and oxygen atoms in total. The Balaban J connectivity index is 2.65. The van der Waals surface area contributed by atoms with Gasteiger partial charge in [0.1, 0.15) is 0 Å². The Labute approximate surface area is 118 Å². The number of ether oxygens (including phenoxy) is 1. The highest BCUT2D eigenvalue weighted by Gasteiger charge is 2.13. The normalized spacial score (nSPS) is 11.8. The van der Waals surface area contributed by atoms with E-state index in [2.05, 4.69) is 11.9 Å². The molecule has 108 valence electrons. The van der Waals surface area contributed by atoms with Gasteiger partial charge in [0.05, 0.1) is 17.7 Å². The lowest BCUT2D eigenvalue weighted by atomic mass is 10.2. The van der Waals surface area contributed by atoms with E-state index in [4.69, 9.17) is 10.5 Å². The summed E-state index contributed by atoms with van der Waals surface area (Å²) >= 11 is 0. The van der Waals surface area contributed by atoms with Gasteiger partial charge in [0.2, 0.25) is 5.91 Å². The standard InChI is InChI=1S/C15H20N2O3/c1-4-5-13(16)14(18)17-12-8-6-11(7-9-12)15(19)20-10(2)3/h4,6-10,13H,1,5,16H2,2-3H3,(H,17,18). The minimum atomic E-state index is -0.627. The van der Waals surface area contributed by atoms with Crippen molar-refractivity contribution < 1.29 is 14.3 Å². The van der Waals surface area contributed by atoms with Crippen LogP contribution in [0, 0.1) is 0 Å². The summed E-state index contributed by atoms with van der Waals surface area (Å²) in [7, 11) is 0. The van der Waals surface area contributed by atoms with Gasteiger partial charge in [0, 0.05) is 5.69 Å². The first kappa shape index (κ1) is 15.9. The fraction of sp³-hybridized carbons (Fsp3) is 0.333. The second-order valence-electron chi connectivity index (χ2n) is 4.65. The highest BCUT2D eigenvalue weighted by Crippen LogP contribution is 2.12. The van der Waals surface area contributed by atoms with Crippen molar-refractivity contribution in [3.63, 3.8) is 0 Å². The smallest absolute Gasteiger partial charge is 0.338 e. The van der Waals surface area contributed by atoms with E-state index < -0.39 is 6.04 Å². The summed E-state index contributed by atoms with van der Waals surface area (Å²) in [4.78, 5) is 23.3. The molecular weight excluding hydrogens is 256 g/mol. The van der Waals surface area contributed by atoms with Crippen molar-refractivity contribution in [2.75, 3.05) is 5.32 Å². The lowest BCUT2D eigenvalue weighted by Crippen LogP contribution is -2.35. The number of nitrogens with two attached hydrogens (primary N) is 1. The molecule has 3 N–H and O–H groups in total. The van der Waals surface area contributed by atoms with E-state index in [-0.39, 0.29) is 18.0 Å². The monoisotopic (exact) mass is 276 g/mol. The predicted octanol–water partition coefficient (Wildman–Crippen LogP) is 2.09. The number of esters is 1. The van der Waals surface area contributed by atoms with Crippen LogP contribution >= 0.6 is 0 Å². The van der Waals surface area contributed by atoms with Crippen molar-refractivity contribution in [3.8, 4) is 0 Å².